The quantitative estimate of drug-likeness (QED) is 0.841. The maximum atomic E-state index is 10.2. The topological polar surface area (TPSA) is 23.5 Å². The van der Waals surface area contributed by atoms with Crippen molar-refractivity contribution in [2.24, 2.45) is 5.92 Å². The zero-order chi connectivity index (χ0) is 13.5. The summed E-state index contributed by atoms with van der Waals surface area (Å²) in [6, 6.07) is 10.6. The van der Waals surface area contributed by atoms with E-state index in [0.717, 1.165) is 19.5 Å². The number of rotatable bonds is 6. The van der Waals surface area contributed by atoms with Crippen molar-refractivity contribution in [2.75, 3.05) is 18.0 Å². The summed E-state index contributed by atoms with van der Waals surface area (Å²) in [6.07, 6.45) is 6.98. The molecule has 0 spiro atoms. The van der Waals surface area contributed by atoms with Gasteiger partial charge in [0.2, 0.25) is 0 Å². The monoisotopic (exact) mass is 261 g/mol. The highest BCUT2D eigenvalue weighted by Crippen LogP contribution is 2.27. The standard InChI is InChI=1S/C17H27NO/c1-2-3-13-18(16-10-5-4-6-11-16)14-15-9-7-8-12-17(15)19/h4-6,10-11,15,17,19H,2-3,7-9,12-14H2,1H3. The van der Waals surface area contributed by atoms with Crippen LogP contribution in [0, 0.1) is 5.92 Å². The van der Waals surface area contributed by atoms with E-state index in [1.54, 1.807) is 0 Å². The summed E-state index contributed by atoms with van der Waals surface area (Å²) >= 11 is 0. The Balaban J connectivity index is 2.01. The van der Waals surface area contributed by atoms with E-state index in [1.807, 2.05) is 0 Å². The first-order chi connectivity index (χ1) is 9.31. The summed E-state index contributed by atoms with van der Waals surface area (Å²) in [4.78, 5) is 2.46. The highest BCUT2D eigenvalue weighted by molar-refractivity contribution is 5.46. The number of benzene rings is 1. The van der Waals surface area contributed by atoms with Crippen LogP contribution in [0.25, 0.3) is 0 Å². The molecule has 2 rings (SSSR count). The smallest absolute Gasteiger partial charge is 0.0585 e. The summed E-state index contributed by atoms with van der Waals surface area (Å²) in [6.45, 7) is 4.34. The number of nitrogens with zero attached hydrogens (tertiary/aromatic N) is 1. The molecule has 106 valence electrons. The van der Waals surface area contributed by atoms with Crippen molar-refractivity contribution in [3.05, 3.63) is 30.3 Å². The second kappa shape index (κ2) is 7.54. The summed E-state index contributed by atoms with van der Waals surface area (Å²) in [5.74, 6) is 0.450. The molecule has 1 aliphatic carbocycles. The number of aliphatic hydroxyl groups is 1. The van der Waals surface area contributed by atoms with Crippen LogP contribution in [0.1, 0.15) is 45.4 Å². The fourth-order valence-electron chi connectivity index (χ4n) is 3.00. The van der Waals surface area contributed by atoms with Crippen molar-refractivity contribution in [3.63, 3.8) is 0 Å². The van der Waals surface area contributed by atoms with Gasteiger partial charge in [-0.05, 0) is 31.4 Å². The Morgan fingerprint density at radius 1 is 1.16 bits per heavy atom. The van der Waals surface area contributed by atoms with Crippen LogP contribution in [0.3, 0.4) is 0 Å². The molecule has 0 bridgehead atoms. The lowest BCUT2D eigenvalue weighted by Gasteiger charge is -2.34. The summed E-state index contributed by atoms with van der Waals surface area (Å²) in [5, 5.41) is 10.2. The predicted molar refractivity (Wildman–Crippen MR) is 81.5 cm³/mol. The van der Waals surface area contributed by atoms with Crippen molar-refractivity contribution in [1.29, 1.82) is 0 Å². The van der Waals surface area contributed by atoms with Crippen molar-refractivity contribution < 1.29 is 5.11 Å². The van der Waals surface area contributed by atoms with Gasteiger partial charge in [0.05, 0.1) is 6.10 Å². The third kappa shape index (κ3) is 4.24. The zero-order valence-electron chi connectivity index (χ0n) is 12.1. The molecule has 2 atom stereocenters. The Bertz CT molecular complexity index is 352. The van der Waals surface area contributed by atoms with Crippen LogP contribution >= 0.6 is 0 Å². The van der Waals surface area contributed by atoms with Gasteiger partial charge in [-0.2, -0.15) is 0 Å². The molecule has 1 N–H and O–H groups in total. The van der Waals surface area contributed by atoms with E-state index in [1.165, 1.54) is 37.8 Å². The molecule has 1 aliphatic rings. The van der Waals surface area contributed by atoms with Crippen LogP contribution in [0.15, 0.2) is 30.3 Å². The average Bonchev–Trinajstić information content (AvgIpc) is 2.46. The molecule has 2 nitrogen and oxygen atoms in total. The van der Waals surface area contributed by atoms with Crippen LogP contribution < -0.4 is 4.90 Å². The Kier molecular flexibility index (Phi) is 5.71. The van der Waals surface area contributed by atoms with Crippen LogP contribution in [-0.2, 0) is 0 Å². The van der Waals surface area contributed by atoms with Gasteiger partial charge in [-0.3, -0.25) is 0 Å². The molecule has 0 aliphatic heterocycles. The molecule has 2 unspecified atom stereocenters. The van der Waals surface area contributed by atoms with Gasteiger partial charge in [-0.15, -0.1) is 0 Å². The van der Waals surface area contributed by atoms with Crippen molar-refractivity contribution in [3.8, 4) is 0 Å². The van der Waals surface area contributed by atoms with Crippen LogP contribution in [-0.4, -0.2) is 24.3 Å². The molecule has 0 aromatic heterocycles. The molecular formula is C17H27NO. The van der Waals surface area contributed by atoms with Gasteiger partial charge >= 0.3 is 0 Å². The number of unbranched alkanes of at least 4 members (excludes halogenated alkanes) is 1. The lowest BCUT2D eigenvalue weighted by Crippen LogP contribution is -2.37. The first kappa shape index (κ1) is 14.4. The number of aliphatic hydroxyl groups excluding tert-OH is 1. The first-order valence-electron chi connectivity index (χ1n) is 7.79. The fraction of sp³-hybridized carbons (Fsp3) is 0.647. The lowest BCUT2D eigenvalue weighted by molar-refractivity contribution is 0.0730. The molecule has 1 saturated carbocycles. The second-order valence-electron chi connectivity index (χ2n) is 5.75. The van der Waals surface area contributed by atoms with E-state index >= 15 is 0 Å². The summed E-state index contributed by atoms with van der Waals surface area (Å²) < 4.78 is 0. The highest BCUT2D eigenvalue weighted by Gasteiger charge is 2.25. The minimum Gasteiger partial charge on any atom is -0.393 e. The number of hydrogen-bond acceptors (Lipinski definition) is 2. The lowest BCUT2D eigenvalue weighted by atomic mass is 9.86. The van der Waals surface area contributed by atoms with Gasteiger partial charge in [-0.25, -0.2) is 0 Å². The molecular weight excluding hydrogens is 234 g/mol. The number of para-hydroxylation sites is 1. The van der Waals surface area contributed by atoms with E-state index in [0.29, 0.717) is 5.92 Å². The van der Waals surface area contributed by atoms with E-state index in [-0.39, 0.29) is 6.10 Å². The van der Waals surface area contributed by atoms with Gasteiger partial charge in [-0.1, -0.05) is 44.4 Å². The molecule has 1 aromatic carbocycles. The minimum absolute atomic E-state index is 0.0958. The van der Waals surface area contributed by atoms with Crippen LogP contribution in [0.2, 0.25) is 0 Å². The minimum atomic E-state index is -0.0958. The highest BCUT2D eigenvalue weighted by atomic mass is 16.3. The van der Waals surface area contributed by atoms with E-state index < -0.39 is 0 Å². The molecule has 0 saturated heterocycles. The summed E-state index contributed by atoms with van der Waals surface area (Å²) in [7, 11) is 0. The Morgan fingerprint density at radius 2 is 1.89 bits per heavy atom. The van der Waals surface area contributed by atoms with Crippen molar-refractivity contribution >= 4 is 5.69 Å². The second-order valence-corrected chi connectivity index (χ2v) is 5.75. The van der Waals surface area contributed by atoms with Crippen LogP contribution in [0.4, 0.5) is 5.69 Å². The normalized spacial score (nSPS) is 23.3. The zero-order valence-corrected chi connectivity index (χ0v) is 12.1. The molecule has 19 heavy (non-hydrogen) atoms. The van der Waals surface area contributed by atoms with Crippen molar-refractivity contribution in [2.45, 2.75) is 51.6 Å². The maximum Gasteiger partial charge on any atom is 0.0585 e. The number of anilines is 1. The third-order valence-electron chi connectivity index (χ3n) is 4.23. The Labute approximate surface area is 117 Å². The molecule has 1 aromatic rings. The van der Waals surface area contributed by atoms with Gasteiger partial charge in [0, 0.05) is 24.7 Å². The van der Waals surface area contributed by atoms with E-state index in [9.17, 15) is 5.11 Å². The molecule has 0 heterocycles. The van der Waals surface area contributed by atoms with Gasteiger partial charge in [0.25, 0.3) is 0 Å². The Morgan fingerprint density at radius 3 is 2.58 bits per heavy atom. The third-order valence-corrected chi connectivity index (χ3v) is 4.23. The predicted octanol–water partition coefficient (Wildman–Crippen LogP) is 3.84. The largest absolute Gasteiger partial charge is 0.393 e. The first-order valence-corrected chi connectivity index (χ1v) is 7.79. The number of hydrogen-bond donors (Lipinski definition) is 1. The van der Waals surface area contributed by atoms with E-state index in [2.05, 4.69) is 42.2 Å². The molecule has 2 heteroatoms. The molecule has 0 amide bonds. The van der Waals surface area contributed by atoms with Crippen molar-refractivity contribution in [1.82, 2.24) is 0 Å². The van der Waals surface area contributed by atoms with Gasteiger partial charge in [0.15, 0.2) is 0 Å². The molecule has 0 radical (unpaired) electrons. The fourth-order valence-corrected chi connectivity index (χ4v) is 3.00. The SMILES string of the molecule is CCCCN(CC1CCCCC1O)c1ccccc1. The van der Waals surface area contributed by atoms with Crippen LogP contribution in [0.5, 0.6) is 0 Å². The Hall–Kier alpha value is -1.02. The van der Waals surface area contributed by atoms with Gasteiger partial charge in [0.1, 0.15) is 0 Å². The van der Waals surface area contributed by atoms with E-state index in [4.69, 9.17) is 0 Å². The maximum absolute atomic E-state index is 10.2. The average molecular weight is 261 g/mol. The summed E-state index contributed by atoms with van der Waals surface area (Å²) in [5.41, 5.74) is 1.30. The molecule has 1 fully saturated rings. The van der Waals surface area contributed by atoms with Gasteiger partial charge < -0.3 is 10.0 Å².